The number of para-hydroxylation sites is 2. The molecule has 0 fully saturated rings. The fourth-order valence-corrected chi connectivity index (χ4v) is 8.89. The minimum Gasteiger partial charge on any atom is -0.309 e. The topological polar surface area (TPSA) is 35.6 Å². The Morgan fingerprint density at radius 2 is 1.13 bits per heavy atom. The standard InChI is InChI=1S/C48H28N4/c1-2-10-32(11-3-1)51-42-16-7-6-13-35(42)37-25-30(18-20-43(37)51)31-19-21-44-39(26-31)48-33-12-5-4-9-29(33)17-22-45(48)52(44)46-27-38-40-28-49-24-23-34(40)36-14-8-15-41(50-46)47(36)38/h1-28H. The fourth-order valence-electron chi connectivity index (χ4n) is 8.89. The van der Waals surface area contributed by atoms with Crippen LogP contribution in [0.25, 0.3) is 110 Å². The molecule has 4 heterocycles. The van der Waals surface area contributed by atoms with Crippen LogP contribution in [0.1, 0.15) is 0 Å². The lowest BCUT2D eigenvalue weighted by molar-refractivity contribution is 1.10. The molecule has 0 aliphatic heterocycles. The molecule has 240 valence electrons. The van der Waals surface area contributed by atoms with E-state index in [1.54, 1.807) is 0 Å². The molecule has 0 amide bonds. The van der Waals surface area contributed by atoms with Gasteiger partial charge in [-0.1, -0.05) is 91.0 Å². The Hall–Kier alpha value is -7.04. The molecule has 1 aliphatic carbocycles. The van der Waals surface area contributed by atoms with E-state index in [1.807, 2.05) is 12.4 Å². The SMILES string of the molecule is c1ccc(-n2c3ccccc3c3cc(-c4ccc5c(c4)c4c6ccccc6ccc4n5-c4cc5c6c(cccc6n4)-c4ccncc4-5)ccc32)cc1. The van der Waals surface area contributed by atoms with Crippen molar-refractivity contribution in [3.05, 3.63) is 170 Å². The highest BCUT2D eigenvalue weighted by Crippen LogP contribution is 2.48. The van der Waals surface area contributed by atoms with Gasteiger partial charge >= 0.3 is 0 Å². The predicted octanol–water partition coefficient (Wildman–Crippen LogP) is 12.3. The highest BCUT2D eigenvalue weighted by molar-refractivity contribution is 6.22. The molecule has 0 radical (unpaired) electrons. The molecule has 0 unspecified atom stereocenters. The van der Waals surface area contributed by atoms with Crippen LogP contribution in [0.3, 0.4) is 0 Å². The number of hydrogen-bond acceptors (Lipinski definition) is 2. The Morgan fingerprint density at radius 1 is 0.404 bits per heavy atom. The smallest absolute Gasteiger partial charge is 0.138 e. The lowest BCUT2D eigenvalue weighted by atomic mass is 9.99. The molecule has 0 saturated carbocycles. The molecule has 4 aromatic heterocycles. The summed E-state index contributed by atoms with van der Waals surface area (Å²) in [6, 6.07) is 57.3. The second-order valence-corrected chi connectivity index (χ2v) is 13.8. The van der Waals surface area contributed by atoms with Crippen LogP contribution in [0.15, 0.2) is 170 Å². The zero-order chi connectivity index (χ0) is 33.9. The molecular weight excluding hydrogens is 633 g/mol. The molecule has 4 nitrogen and oxygen atoms in total. The summed E-state index contributed by atoms with van der Waals surface area (Å²) < 4.78 is 4.73. The molecule has 0 atom stereocenters. The van der Waals surface area contributed by atoms with Gasteiger partial charge in [0.15, 0.2) is 0 Å². The number of rotatable bonds is 3. The Bertz CT molecular complexity index is 3290. The van der Waals surface area contributed by atoms with Crippen LogP contribution in [0.2, 0.25) is 0 Å². The third-order valence-electron chi connectivity index (χ3n) is 11.1. The van der Waals surface area contributed by atoms with Crippen LogP contribution in [0.4, 0.5) is 0 Å². The molecule has 0 bridgehead atoms. The molecule has 7 aromatic carbocycles. The second kappa shape index (κ2) is 10.3. The number of benzene rings is 7. The lowest BCUT2D eigenvalue weighted by Crippen LogP contribution is -1.98. The van der Waals surface area contributed by atoms with Gasteiger partial charge < -0.3 is 4.57 Å². The highest BCUT2D eigenvalue weighted by Gasteiger charge is 2.25. The molecule has 0 spiro atoms. The highest BCUT2D eigenvalue weighted by atomic mass is 15.1. The molecule has 0 N–H and O–H groups in total. The Labute approximate surface area is 298 Å². The van der Waals surface area contributed by atoms with Gasteiger partial charge in [0, 0.05) is 50.6 Å². The van der Waals surface area contributed by atoms with Crippen molar-refractivity contribution in [3.63, 3.8) is 0 Å². The van der Waals surface area contributed by atoms with E-state index in [9.17, 15) is 0 Å². The Kier molecular flexibility index (Phi) is 5.47. The number of pyridine rings is 2. The van der Waals surface area contributed by atoms with Gasteiger partial charge in [-0.2, -0.15) is 0 Å². The van der Waals surface area contributed by atoms with Crippen LogP contribution in [0.5, 0.6) is 0 Å². The van der Waals surface area contributed by atoms with Crippen LogP contribution >= 0.6 is 0 Å². The van der Waals surface area contributed by atoms with Crippen LogP contribution < -0.4 is 0 Å². The first kappa shape index (κ1) is 27.7. The summed E-state index contributed by atoms with van der Waals surface area (Å²) in [5, 5.41) is 8.62. The normalized spacial score (nSPS) is 12.2. The van der Waals surface area contributed by atoms with Crippen molar-refractivity contribution >= 4 is 65.3 Å². The first-order chi connectivity index (χ1) is 25.8. The van der Waals surface area contributed by atoms with Crippen molar-refractivity contribution in [2.45, 2.75) is 0 Å². The van der Waals surface area contributed by atoms with Gasteiger partial charge in [0.25, 0.3) is 0 Å². The second-order valence-electron chi connectivity index (χ2n) is 13.8. The van der Waals surface area contributed by atoms with Crippen molar-refractivity contribution in [2.75, 3.05) is 0 Å². The van der Waals surface area contributed by atoms with E-state index in [1.165, 1.54) is 82.2 Å². The lowest BCUT2D eigenvalue weighted by Gasteiger charge is -2.11. The van der Waals surface area contributed by atoms with Gasteiger partial charge in [-0.05, 0) is 105 Å². The molecule has 11 aromatic rings. The van der Waals surface area contributed by atoms with Gasteiger partial charge in [-0.25, -0.2) is 4.98 Å². The summed E-state index contributed by atoms with van der Waals surface area (Å²) >= 11 is 0. The van der Waals surface area contributed by atoms with Crippen LogP contribution in [-0.2, 0) is 0 Å². The summed E-state index contributed by atoms with van der Waals surface area (Å²) in [7, 11) is 0. The van der Waals surface area contributed by atoms with E-state index in [-0.39, 0.29) is 0 Å². The largest absolute Gasteiger partial charge is 0.309 e. The quantitative estimate of drug-likeness (QED) is 0.189. The van der Waals surface area contributed by atoms with E-state index >= 15 is 0 Å². The van der Waals surface area contributed by atoms with Crippen LogP contribution in [0, 0.1) is 0 Å². The van der Waals surface area contributed by atoms with E-state index < -0.39 is 0 Å². The van der Waals surface area contributed by atoms with Crippen LogP contribution in [-0.4, -0.2) is 19.1 Å². The van der Waals surface area contributed by atoms with Gasteiger partial charge in [-0.15, -0.1) is 0 Å². The van der Waals surface area contributed by atoms with Gasteiger partial charge in [0.1, 0.15) is 5.82 Å². The van der Waals surface area contributed by atoms with E-state index in [0.29, 0.717) is 0 Å². The average molecular weight is 661 g/mol. The first-order valence-electron chi connectivity index (χ1n) is 17.7. The van der Waals surface area contributed by atoms with E-state index in [2.05, 4.69) is 172 Å². The van der Waals surface area contributed by atoms with E-state index in [0.717, 1.165) is 27.9 Å². The van der Waals surface area contributed by atoms with Crippen molar-refractivity contribution in [2.24, 2.45) is 0 Å². The number of fused-ring (bicyclic) bond motifs is 11. The Morgan fingerprint density at radius 3 is 2.02 bits per heavy atom. The summed E-state index contributed by atoms with van der Waals surface area (Å²) in [6.45, 7) is 0. The molecule has 4 heteroatoms. The number of aromatic nitrogens is 4. The monoisotopic (exact) mass is 660 g/mol. The minimum absolute atomic E-state index is 0.912. The first-order valence-corrected chi connectivity index (χ1v) is 17.7. The third-order valence-corrected chi connectivity index (χ3v) is 11.1. The summed E-state index contributed by atoms with van der Waals surface area (Å²) in [5.74, 6) is 0.912. The molecule has 0 saturated heterocycles. The molecule has 1 aliphatic rings. The number of nitrogens with zero attached hydrogens (tertiary/aromatic N) is 4. The average Bonchev–Trinajstić information content (AvgIpc) is 3.84. The molecular formula is C48H28N4. The zero-order valence-electron chi connectivity index (χ0n) is 28.0. The summed E-state index contributed by atoms with van der Waals surface area (Å²) in [4.78, 5) is 9.87. The van der Waals surface area contributed by atoms with E-state index in [4.69, 9.17) is 4.98 Å². The Balaban J connectivity index is 1.12. The van der Waals surface area contributed by atoms with Gasteiger partial charge in [0.05, 0.1) is 27.6 Å². The minimum atomic E-state index is 0.912. The zero-order valence-corrected chi connectivity index (χ0v) is 28.0. The maximum atomic E-state index is 5.35. The van der Waals surface area contributed by atoms with Crippen molar-refractivity contribution in [1.82, 2.24) is 19.1 Å². The van der Waals surface area contributed by atoms with Gasteiger partial charge in [0.2, 0.25) is 0 Å². The number of hydrogen-bond donors (Lipinski definition) is 0. The maximum Gasteiger partial charge on any atom is 0.138 e. The summed E-state index contributed by atoms with van der Waals surface area (Å²) in [6.07, 6.45) is 3.88. The predicted molar refractivity (Wildman–Crippen MR) is 216 cm³/mol. The van der Waals surface area contributed by atoms with Crippen molar-refractivity contribution in [3.8, 4) is 44.9 Å². The fraction of sp³-hybridized carbons (Fsp3) is 0. The molecule has 12 rings (SSSR count). The third kappa shape index (κ3) is 3.70. The van der Waals surface area contributed by atoms with Gasteiger partial charge in [-0.3, -0.25) is 9.55 Å². The van der Waals surface area contributed by atoms with Crippen molar-refractivity contribution < 1.29 is 0 Å². The van der Waals surface area contributed by atoms with Crippen molar-refractivity contribution in [1.29, 1.82) is 0 Å². The maximum absolute atomic E-state index is 5.35. The molecule has 52 heavy (non-hydrogen) atoms. The summed E-state index contributed by atoms with van der Waals surface area (Å²) in [5.41, 5.74) is 14.0.